The van der Waals surface area contributed by atoms with Crippen LogP contribution in [0.2, 0.25) is 0 Å². The van der Waals surface area contributed by atoms with Gasteiger partial charge in [-0.15, -0.1) is 0 Å². The number of hydrogen-bond acceptors (Lipinski definition) is 1. The molecule has 1 aromatic rings. The number of rotatable bonds is 2. The van der Waals surface area contributed by atoms with Crippen LogP contribution in [0.3, 0.4) is 0 Å². The van der Waals surface area contributed by atoms with Crippen molar-refractivity contribution in [1.29, 1.82) is 0 Å². The van der Waals surface area contributed by atoms with Gasteiger partial charge in [-0.2, -0.15) is 0 Å². The van der Waals surface area contributed by atoms with Gasteiger partial charge < -0.3 is 0 Å². The summed E-state index contributed by atoms with van der Waals surface area (Å²) >= 11 is 2.00. The van der Waals surface area contributed by atoms with Gasteiger partial charge in [-0.3, -0.25) is 3.89 Å². The number of hydrogen-bond donors (Lipinski definition) is 0. The maximum atomic E-state index is 2.36. The van der Waals surface area contributed by atoms with Crippen molar-refractivity contribution in [2.75, 3.05) is 20.1 Å². The molecule has 0 atom stereocenters. The summed E-state index contributed by atoms with van der Waals surface area (Å²) in [5.41, 5.74) is 0. The lowest BCUT2D eigenvalue weighted by atomic mass is 10.1. The van der Waals surface area contributed by atoms with Gasteiger partial charge in [0.1, 0.15) is 11.9 Å². The van der Waals surface area contributed by atoms with Crippen LogP contribution in [0.1, 0.15) is 19.3 Å². The highest BCUT2D eigenvalue weighted by atomic mass is 32.2. The van der Waals surface area contributed by atoms with E-state index >= 15 is 0 Å². The maximum Gasteiger partial charge on any atom is 0.112 e. The molecular weight excluding hydrogens is 190 g/mol. The van der Waals surface area contributed by atoms with Crippen molar-refractivity contribution in [3.05, 3.63) is 30.3 Å². The van der Waals surface area contributed by atoms with Gasteiger partial charge in [0.2, 0.25) is 0 Å². The highest BCUT2D eigenvalue weighted by Gasteiger charge is 2.26. The molecule has 2 rings (SSSR count). The second-order valence-electron chi connectivity index (χ2n) is 4.21. The summed E-state index contributed by atoms with van der Waals surface area (Å²) < 4.78 is 1.16. The van der Waals surface area contributed by atoms with Crippen LogP contribution < -0.4 is 0 Å². The van der Waals surface area contributed by atoms with Crippen LogP contribution in [0.15, 0.2) is 35.2 Å². The third kappa shape index (κ3) is 2.52. The summed E-state index contributed by atoms with van der Waals surface area (Å²) in [6.45, 7) is 2.64. The molecule has 1 saturated heterocycles. The summed E-state index contributed by atoms with van der Waals surface area (Å²) in [6, 6.07) is 10.8. The van der Waals surface area contributed by atoms with Crippen molar-refractivity contribution in [2.24, 2.45) is 0 Å². The van der Waals surface area contributed by atoms with Gasteiger partial charge in [0, 0.05) is 0 Å². The molecule has 0 unspecified atom stereocenters. The number of piperidine rings is 1. The van der Waals surface area contributed by atoms with Crippen LogP contribution in [0, 0.1) is 0 Å². The molecule has 1 aromatic carbocycles. The Kier molecular flexibility index (Phi) is 3.14. The summed E-state index contributed by atoms with van der Waals surface area (Å²) in [5.74, 6) is 0. The van der Waals surface area contributed by atoms with Crippen LogP contribution in [0.5, 0.6) is 0 Å². The molecule has 1 aliphatic heterocycles. The maximum absolute atomic E-state index is 2.36. The molecule has 0 saturated carbocycles. The third-order valence-corrected chi connectivity index (χ3v) is 4.12. The van der Waals surface area contributed by atoms with E-state index in [0.717, 1.165) is 3.89 Å². The zero-order chi connectivity index (χ0) is 9.86. The molecule has 76 valence electrons. The van der Waals surface area contributed by atoms with Crippen molar-refractivity contribution in [3.63, 3.8) is 0 Å². The van der Waals surface area contributed by atoms with Gasteiger partial charge in [0.25, 0.3) is 0 Å². The SMILES string of the molecule is C[N+]1(Sc2ccccc2)CCCCC1. The first-order valence-electron chi connectivity index (χ1n) is 5.38. The Balaban J connectivity index is 2.02. The Hall–Kier alpha value is -0.470. The standard InChI is InChI=1S/C12H18NS/c1-13(10-6-3-7-11-13)14-12-8-4-2-5-9-12/h2,4-5,8-9H,3,6-7,10-11H2,1H3/q+1. The fourth-order valence-electron chi connectivity index (χ4n) is 2.01. The Morgan fingerprint density at radius 2 is 1.64 bits per heavy atom. The van der Waals surface area contributed by atoms with Crippen LogP contribution in [-0.2, 0) is 0 Å². The predicted octanol–water partition coefficient (Wildman–Crippen LogP) is 3.32. The van der Waals surface area contributed by atoms with Crippen LogP contribution in [-0.4, -0.2) is 24.0 Å². The van der Waals surface area contributed by atoms with E-state index in [9.17, 15) is 0 Å². The molecule has 0 N–H and O–H groups in total. The summed E-state index contributed by atoms with van der Waals surface area (Å²) in [7, 11) is 2.36. The van der Waals surface area contributed by atoms with Gasteiger partial charge >= 0.3 is 0 Å². The van der Waals surface area contributed by atoms with E-state index in [1.807, 2.05) is 11.9 Å². The largest absolute Gasteiger partial charge is 0.260 e. The Morgan fingerprint density at radius 1 is 1.00 bits per heavy atom. The molecule has 0 spiro atoms. The van der Waals surface area contributed by atoms with E-state index in [0.29, 0.717) is 0 Å². The van der Waals surface area contributed by atoms with Gasteiger partial charge in [0.15, 0.2) is 0 Å². The summed E-state index contributed by atoms with van der Waals surface area (Å²) in [5, 5.41) is 0. The van der Waals surface area contributed by atoms with E-state index in [2.05, 4.69) is 37.4 Å². The van der Waals surface area contributed by atoms with Gasteiger partial charge in [-0.05, 0) is 31.4 Å². The fourth-order valence-corrected chi connectivity index (χ4v) is 3.24. The average Bonchev–Trinajstić information content (AvgIpc) is 2.19. The molecular formula is C12H18NS+. The average molecular weight is 208 g/mol. The zero-order valence-electron chi connectivity index (χ0n) is 8.78. The number of benzene rings is 1. The Morgan fingerprint density at radius 3 is 2.29 bits per heavy atom. The zero-order valence-corrected chi connectivity index (χ0v) is 9.59. The lowest BCUT2D eigenvalue weighted by Gasteiger charge is -2.34. The fraction of sp³-hybridized carbons (Fsp3) is 0.500. The minimum atomic E-state index is 1.16. The van der Waals surface area contributed by atoms with Crippen molar-refractivity contribution < 1.29 is 3.89 Å². The number of nitrogens with zero attached hydrogens (tertiary/aromatic N) is 1. The molecule has 2 heteroatoms. The van der Waals surface area contributed by atoms with Crippen molar-refractivity contribution in [2.45, 2.75) is 24.2 Å². The first-order valence-corrected chi connectivity index (χ1v) is 6.15. The molecule has 1 fully saturated rings. The minimum Gasteiger partial charge on any atom is -0.260 e. The van der Waals surface area contributed by atoms with E-state index in [1.165, 1.54) is 37.2 Å². The molecule has 1 aliphatic rings. The van der Waals surface area contributed by atoms with E-state index in [1.54, 1.807) is 0 Å². The first-order chi connectivity index (χ1) is 6.79. The van der Waals surface area contributed by atoms with Crippen molar-refractivity contribution >= 4 is 11.9 Å². The van der Waals surface area contributed by atoms with Gasteiger partial charge in [0.05, 0.1) is 25.0 Å². The Labute approximate surface area is 90.8 Å². The van der Waals surface area contributed by atoms with Crippen LogP contribution in [0.4, 0.5) is 0 Å². The normalized spacial score (nSPS) is 20.6. The molecule has 1 nitrogen and oxygen atoms in total. The third-order valence-electron chi connectivity index (χ3n) is 2.83. The number of quaternary nitrogens is 1. The van der Waals surface area contributed by atoms with Crippen molar-refractivity contribution in [1.82, 2.24) is 0 Å². The number of likely N-dealkylation sites (tertiary alicyclic amines) is 1. The smallest absolute Gasteiger partial charge is 0.112 e. The minimum absolute atomic E-state index is 1.16. The molecule has 0 radical (unpaired) electrons. The van der Waals surface area contributed by atoms with Gasteiger partial charge in [-0.1, -0.05) is 18.2 Å². The molecule has 0 aliphatic carbocycles. The summed E-state index contributed by atoms with van der Waals surface area (Å²) in [4.78, 5) is 1.40. The lowest BCUT2D eigenvalue weighted by Crippen LogP contribution is -2.41. The topological polar surface area (TPSA) is 0 Å². The first kappa shape index (κ1) is 10.1. The quantitative estimate of drug-likeness (QED) is 0.530. The molecule has 1 heterocycles. The van der Waals surface area contributed by atoms with E-state index in [4.69, 9.17) is 0 Å². The van der Waals surface area contributed by atoms with Crippen LogP contribution in [0.25, 0.3) is 0 Å². The van der Waals surface area contributed by atoms with Crippen molar-refractivity contribution in [3.8, 4) is 0 Å². The van der Waals surface area contributed by atoms with E-state index < -0.39 is 0 Å². The summed E-state index contributed by atoms with van der Waals surface area (Å²) in [6.07, 6.45) is 4.19. The highest BCUT2D eigenvalue weighted by Crippen LogP contribution is 2.32. The Bertz CT molecular complexity index is 278. The van der Waals surface area contributed by atoms with Gasteiger partial charge in [-0.25, -0.2) is 0 Å². The second-order valence-corrected chi connectivity index (χ2v) is 5.74. The van der Waals surface area contributed by atoms with Crippen LogP contribution >= 0.6 is 11.9 Å². The molecule has 14 heavy (non-hydrogen) atoms. The molecule has 0 bridgehead atoms. The molecule has 0 aromatic heterocycles. The molecule has 0 amide bonds. The second kappa shape index (κ2) is 4.37. The lowest BCUT2D eigenvalue weighted by molar-refractivity contribution is -0.779. The van der Waals surface area contributed by atoms with E-state index in [-0.39, 0.29) is 0 Å². The predicted molar refractivity (Wildman–Crippen MR) is 62.1 cm³/mol. The monoisotopic (exact) mass is 208 g/mol. The highest BCUT2D eigenvalue weighted by molar-refractivity contribution is 7.93.